The Morgan fingerprint density at radius 3 is 2.75 bits per heavy atom. The summed E-state index contributed by atoms with van der Waals surface area (Å²) >= 11 is 0. The lowest BCUT2D eigenvalue weighted by Crippen LogP contribution is -2.06. The summed E-state index contributed by atoms with van der Waals surface area (Å²) in [6.45, 7) is 4.16. The first-order valence-corrected chi connectivity index (χ1v) is 4.46. The maximum atomic E-state index is 9.51. The first-order valence-electron chi connectivity index (χ1n) is 4.46. The molecule has 1 saturated carbocycles. The SMILES string of the molecule is CC(C)n1ncc(O)c1C1CC1. The summed E-state index contributed by atoms with van der Waals surface area (Å²) in [6.07, 6.45) is 3.95. The van der Waals surface area contributed by atoms with Crippen molar-refractivity contribution in [2.45, 2.75) is 38.6 Å². The van der Waals surface area contributed by atoms with Crippen LogP contribution >= 0.6 is 0 Å². The van der Waals surface area contributed by atoms with Gasteiger partial charge in [-0.15, -0.1) is 0 Å². The minimum atomic E-state index is 0.349. The molecular formula is C9H14N2O. The van der Waals surface area contributed by atoms with Crippen molar-refractivity contribution in [2.24, 2.45) is 0 Å². The molecule has 0 spiro atoms. The van der Waals surface area contributed by atoms with Crippen LogP contribution in [0, 0.1) is 0 Å². The largest absolute Gasteiger partial charge is 0.504 e. The summed E-state index contributed by atoms with van der Waals surface area (Å²) in [5, 5.41) is 13.7. The number of aromatic hydroxyl groups is 1. The molecule has 0 radical (unpaired) electrons. The maximum absolute atomic E-state index is 9.51. The molecule has 1 aliphatic carbocycles. The summed E-state index contributed by atoms with van der Waals surface area (Å²) < 4.78 is 1.92. The number of rotatable bonds is 2. The fourth-order valence-corrected chi connectivity index (χ4v) is 1.53. The Kier molecular flexibility index (Phi) is 1.60. The van der Waals surface area contributed by atoms with Crippen molar-refractivity contribution in [1.82, 2.24) is 9.78 Å². The molecule has 1 aliphatic rings. The standard InChI is InChI=1S/C9H14N2O/c1-6(2)11-9(7-3-4-7)8(12)5-10-11/h5-7,12H,3-4H2,1-2H3. The summed E-state index contributed by atoms with van der Waals surface area (Å²) in [5.74, 6) is 0.932. The summed E-state index contributed by atoms with van der Waals surface area (Å²) in [6, 6.07) is 0.349. The molecule has 3 nitrogen and oxygen atoms in total. The van der Waals surface area contributed by atoms with E-state index in [1.54, 1.807) is 6.20 Å². The summed E-state index contributed by atoms with van der Waals surface area (Å²) in [4.78, 5) is 0. The second kappa shape index (κ2) is 2.51. The van der Waals surface area contributed by atoms with Crippen molar-refractivity contribution < 1.29 is 5.11 Å². The first-order chi connectivity index (χ1) is 5.70. The fourth-order valence-electron chi connectivity index (χ4n) is 1.53. The number of aromatic nitrogens is 2. The van der Waals surface area contributed by atoms with Crippen LogP contribution in [0.15, 0.2) is 6.20 Å². The third kappa shape index (κ3) is 1.09. The van der Waals surface area contributed by atoms with Gasteiger partial charge in [0.1, 0.15) is 0 Å². The van der Waals surface area contributed by atoms with Gasteiger partial charge in [-0.1, -0.05) is 0 Å². The highest BCUT2D eigenvalue weighted by Crippen LogP contribution is 2.44. The van der Waals surface area contributed by atoms with Gasteiger partial charge >= 0.3 is 0 Å². The summed E-state index contributed by atoms with van der Waals surface area (Å²) in [7, 11) is 0. The van der Waals surface area contributed by atoms with E-state index in [0.29, 0.717) is 17.7 Å². The predicted molar refractivity (Wildman–Crippen MR) is 46.3 cm³/mol. The normalized spacial score (nSPS) is 17.2. The maximum Gasteiger partial charge on any atom is 0.157 e. The molecule has 0 aliphatic heterocycles. The van der Waals surface area contributed by atoms with Crippen molar-refractivity contribution in [1.29, 1.82) is 0 Å². The van der Waals surface area contributed by atoms with Gasteiger partial charge in [-0.05, 0) is 26.7 Å². The van der Waals surface area contributed by atoms with E-state index in [9.17, 15) is 5.11 Å². The number of hydrogen-bond donors (Lipinski definition) is 1. The zero-order valence-electron chi connectivity index (χ0n) is 7.49. The fraction of sp³-hybridized carbons (Fsp3) is 0.667. The number of hydrogen-bond acceptors (Lipinski definition) is 2. The Labute approximate surface area is 72.0 Å². The second-order valence-electron chi connectivity index (χ2n) is 3.73. The van der Waals surface area contributed by atoms with E-state index in [0.717, 1.165) is 5.69 Å². The quantitative estimate of drug-likeness (QED) is 0.730. The Hall–Kier alpha value is -0.990. The van der Waals surface area contributed by atoms with Crippen LogP contribution < -0.4 is 0 Å². The van der Waals surface area contributed by atoms with E-state index in [-0.39, 0.29) is 0 Å². The minimum Gasteiger partial charge on any atom is -0.504 e. The van der Waals surface area contributed by atoms with Crippen molar-refractivity contribution in [3.05, 3.63) is 11.9 Å². The molecule has 66 valence electrons. The van der Waals surface area contributed by atoms with Crippen molar-refractivity contribution in [3.63, 3.8) is 0 Å². The van der Waals surface area contributed by atoms with Gasteiger partial charge < -0.3 is 5.11 Å². The molecular weight excluding hydrogens is 152 g/mol. The Balaban J connectivity index is 2.39. The molecule has 0 atom stereocenters. The molecule has 0 saturated heterocycles. The topological polar surface area (TPSA) is 38.0 Å². The summed E-state index contributed by atoms with van der Waals surface area (Å²) in [5.41, 5.74) is 1.03. The van der Waals surface area contributed by atoms with Crippen LogP contribution in [0.1, 0.15) is 44.3 Å². The van der Waals surface area contributed by atoms with E-state index < -0.39 is 0 Å². The molecule has 1 N–H and O–H groups in total. The highest BCUT2D eigenvalue weighted by Gasteiger charge is 2.30. The van der Waals surface area contributed by atoms with Crippen LogP contribution in [-0.4, -0.2) is 14.9 Å². The zero-order valence-corrected chi connectivity index (χ0v) is 7.49. The van der Waals surface area contributed by atoms with Crippen molar-refractivity contribution >= 4 is 0 Å². The molecule has 12 heavy (non-hydrogen) atoms. The average Bonchev–Trinajstić information content (AvgIpc) is 2.75. The van der Waals surface area contributed by atoms with Gasteiger partial charge in [0.15, 0.2) is 5.75 Å². The molecule has 1 fully saturated rings. The van der Waals surface area contributed by atoms with E-state index in [2.05, 4.69) is 18.9 Å². The van der Waals surface area contributed by atoms with Gasteiger partial charge in [-0.2, -0.15) is 5.10 Å². The molecule has 1 heterocycles. The predicted octanol–water partition coefficient (Wildman–Crippen LogP) is 2.05. The van der Waals surface area contributed by atoms with Gasteiger partial charge in [0.25, 0.3) is 0 Å². The van der Waals surface area contributed by atoms with Crippen LogP contribution in [0.2, 0.25) is 0 Å². The molecule has 1 aromatic rings. The average molecular weight is 166 g/mol. The van der Waals surface area contributed by atoms with Gasteiger partial charge in [0.2, 0.25) is 0 Å². The molecule has 3 heteroatoms. The minimum absolute atomic E-state index is 0.349. The number of nitrogens with zero attached hydrogens (tertiary/aromatic N) is 2. The van der Waals surface area contributed by atoms with Crippen LogP contribution in [0.4, 0.5) is 0 Å². The molecule has 1 aromatic heterocycles. The van der Waals surface area contributed by atoms with Gasteiger partial charge in [-0.25, -0.2) is 0 Å². The highest BCUT2D eigenvalue weighted by molar-refractivity contribution is 5.30. The lowest BCUT2D eigenvalue weighted by atomic mass is 10.2. The zero-order chi connectivity index (χ0) is 8.72. The molecule has 0 aromatic carbocycles. The van der Waals surface area contributed by atoms with Crippen molar-refractivity contribution in [2.75, 3.05) is 0 Å². The lowest BCUT2D eigenvalue weighted by Gasteiger charge is -2.09. The Bertz CT molecular complexity index is 287. The third-order valence-corrected chi connectivity index (χ3v) is 2.27. The van der Waals surface area contributed by atoms with E-state index in [4.69, 9.17) is 0 Å². The molecule has 0 unspecified atom stereocenters. The second-order valence-corrected chi connectivity index (χ2v) is 3.73. The van der Waals surface area contributed by atoms with E-state index in [1.807, 2.05) is 4.68 Å². The smallest absolute Gasteiger partial charge is 0.157 e. The lowest BCUT2D eigenvalue weighted by molar-refractivity contribution is 0.454. The Morgan fingerprint density at radius 1 is 1.58 bits per heavy atom. The molecule has 0 bridgehead atoms. The highest BCUT2D eigenvalue weighted by atomic mass is 16.3. The molecule has 0 amide bonds. The monoisotopic (exact) mass is 166 g/mol. The van der Waals surface area contributed by atoms with Crippen LogP contribution in [0.25, 0.3) is 0 Å². The van der Waals surface area contributed by atoms with E-state index in [1.165, 1.54) is 12.8 Å². The third-order valence-electron chi connectivity index (χ3n) is 2.27. The van der Waals surface area contributed by atoms with Crippen LogP contribution in [-0.2, 0) is 0 Å². The van der Waals surface area contributed by atoms with Gasteiger partial charge in [0, 0.05) is 12.0 Å². The van der Waals surface area contributed by atoms with Gasteiger partial charge in [-0.3, -0.25) is 4.68 Å². The Morgan fingerprint density at radius 2 is 2.25 bits per heavy atom. The van der Waals surface area contributed by atoms with Crippen LogP contribution in [0.3, 0.4) is 0 Å². The van der Waals surface area contributed by atoms with Crippen LogP contribution in [0.5, 0.6) is 5.75 Å². The van der Waals surface area contributed by atoms with Crippen molar-refractivity contribution in [3.8, 4) is 5.75 Å². The van der Waals surface area contributed by atoms with Gasteiger partial charge in [0.05, 0.1) is 11.9 Å². The molecule has 2 rings (SSSR count). The first kappa shape index (κ1) is 7.65. The van der Waals surface area contributed by atoms with E-state index >= 15 is 0 Å².